The minimum Gasteiger partial charge on any atom is -0.465 e. The second-order valence-electron chi connectivity index (χ2n) is 5.85. The summed E-state index contributed by atoms with van der Waals surface area (Å²) in [6.07, 6.45) is 7.11. The Labute approximate surface area is 139 Å². The Morgan fingerprint density at radius 2 is 1.00 bits per heavy atom. The van der Waals surface area contributed by atoms with E-state index < -0.39 is 0 Å². The first-order valence-electron chi connectivity index (χ1n) is 7.84. The molecule has 2 aromatic carbocycles. The summed E-state index contributed by atoms with van der Waals surface area (Å²) in [5.74, 6) is 1.69. The molecule has 0 aliphatic heterocycles. The molecule has 0 radical (unpaired) electrons. The lowest BCUT2D eigenvalue weighted by molar-refractivity contribution is 0.479. The zero-order valence-corrected chi connectivity index (χ0v) is 14.2. The molecule has 0 bridgehead atoms. The van der Waals surface area contributed by atoms with Gasteiger partial charge in [-0.2, -0.15) is 0 Å². The number of hydrogen-bond donors (Lipinski definition) is 0. The quantitative estimate of drug-likeness (QED) is 0.624. The van der Waals surface area contributed by atoms with E-state index >= 15 is 0 Å². The molecule has 0 saturated carbocycles. The normalized spacial score (nSPS) is 12.0. The molecule has 2 rings (SSSR count). The number of rotatable bonds is 6. The van der Waals surface area contributed by atoms with Crippen molar-refractivity contribution in [3.8, 4) is 11.5 Å². The molecule has 2 nitrogen and oxygen atoms in total. The molecular formula is C21H24O2. The Hall–Kier alpha value is -2.48. The molecule has 23 heavy (non-hydrogen) atoms. The molecule has 0 heterocycles. The number of hydrogen-bond acceptors (Lipinski definition) is 2. The maximum absolute atomic E-state index is 5.48. The van der Waals surface area contributed by atoms with Gasteiger partial charge in [-0.15, -0.1) is 0 Å². The highest BCUT2D eigenvalue weighted by atomic mass is 16.5. The van der Waals surface area contributed by atoms with Crippen LogP contribution in [0.15, 0.2) is 73.2 Å². The van der Waals surface area contributed by atoms with Crippen LogP contribution in [0.25, 0.3) is 0 Å². The molecule has 0 atom stereocenters. The van der Waals surface area contributed by atoms with Crippen LogP contribution >= 0.6 is 0 Å². The van der Waals surface area contributed by atoms with Crippen LogP contribution in [0.3, 0.4) is 0 Å². The Balaban J connectivity index is 2.19. The van der Waals surface area contributed by atoms with Gasteiger partial charge in [-0.25, -0.2) is 0 Å². The predicted octanol–water partition coefficient (Wildman–Crippen LogP) is 5.84. The fourth-order valence-corrected chi connectivity index (χ4v) is 2.36. The fraction of sp³-hybridized carbons (Fsp3) is 0.238. The van der Waals surface area contributed by atoms with Crippen molar-refractivity contribution in [3.63, 3.8) is 0 Å². The van der Waals surface area contributed by atoms with Crippen molar-refractivity contribution in [3.05, 3.63) is 84.3 Å². The first kappa shape index (κ1) is 16.9. The van der Waals surface area contributed by atoms with Crippen molar-refractivity contribution in [2.45, 2.75) is 33.1 Å². The van der Waals surface area contributed by atoms with Crippen LogP contribution in [0.4, 0.5) is 0 Å². The second kappa shape index (κ2) is 7.68. The van der Waals surface area contributed by atoms with Crippen LogP contribution in [-0.4, -0.2) is 0 Å². The Morgan fingerprint density at radius 1 is 0.652 bits per heavy atom. The van der Waals surface area contributed by atoms with Gasteiger partial charge in [0.05, 0.1) is 12.5 Å². The first-order valence-corrected chi connectivity index (χ1v) is 7.84. The molecular weight excluding hydrogens is 284 g/mol. The number of benzene rings is 2. The van der Waals surface area contributed by atoms with E-state index in [1.54, 1.807) is 12.5 Å². The highest BCUT2D eigenvalue weighted by molar-refractivity contribution is 5.42. The summed E-state index contributed by atoms with van der Waals surface area (Å²) in [5.41, 5.74) is 2.40. The van der Waals surface area contributed by atoms with Gasteiger partial charge in [-0.05, 0) is 49.2 Å². The van der Waals surface area contributed by atoms with E-state index in [0.29, 0.717) is 0 Å². The van der Waals surface area contributed by atoms with Crippen LogP contribution in [0.1, 0.15) is 38.8 Å². The maximum atomic E-state index is 5.48. The lowest BCUT2D eigenvalue weighted by Crippen LogP contribution is -2.18. The molecule has 0 aromatic heterocycles. The molecule has 0 aliphatic carbocycles. The average Bonchev–Trinajstić information content (AvgIpc) is 2.59. The SMILES string of the molecule is C/C=C/Oc1ccc(C(C)(C)c2ccc(O/C=C/C)cc2)cc1. The molecule has 0 amide bonds. The summed E-state index contributed by atoms with van der Waals surface area (Å²) >= 11 is 0. The molecule has 0 spiro atoms. The van der Waals surface area contributed by atoms with Gasteiger partial charge in [0, 0.05) is 5.41 Å². The van der Waals surface area contributed by atoms with E-state index in [0.717, 1.165) is 11.5 Å². The highest BCUT2D eigenvalue weighted by Crippen LogP contribution is 2.33. The topological polar surface area (TPSA) is 18.5 Å². The zero-order valence-electron chi connectivity index (χ0n) is 14.2. The molecule has 0 N–H and O–H groups in total. The van der Waals surface area contributed by atoms with Crippen molar-refractivity contribution < 1.29 is 9.47 Å². The number of allylic oxidation sites excluding steroid dienone is 2. The van der Waals surface area contributed by atoms with Gasteiger partial charge in [0.1, 0.15) is 11.5 Å². The van der Waals surface area contributed by atoms with E-state index in [-0.39, 0.29) is 5.41 Å². The van der Waals surface area contributed by atoms with Crippen LogP contribution < -0.4 is 9.47 Å². The minimum absolute atomic E-state index is 0.0851. The highest BCUT2D eigenvalue weighted by Gasteiger charge is 2.23. The summed E-state index contributed by atoms with van der Waals surface area (Å²) in [6, 6.07) is 16.5. The zero-order chi connectivity index (χ0) is 16.7. The summed E-state index contributed by atoms with van der Waals surface area (Å²) < 4.78 is 11.0. The molecule has 2 heteroatoms. The van der Waals surface area contributed by atoms with Crippen molar-refractivity contribution >= 4 is 0 Å². The van der Waals surface area contributed by atoms with Crippen molar-refractivity contribution in [1.82, 2.24) is 0 Å². The van der Waals surface area contributed by atoms with Crippen LogP contribution in [-0.2, 0) is 5.41 Å². The minimum atomic E-state index is -0.0851. The molecule has 2 aromatic rings. The monoisotopic (exact) mass is 308 g/mol. The third-order valence-electron chi connectivity index (χ3n) is 3.83. The summed E-state index contributed by atoms with van der Waals surface area (Å²) in [4.78, 5) is 0. The van der Waals surface area contributed by atoms with Gasteiger partial charge < -0.3 is 9.47 Å². The van der Waals surface area contributed by atoms with Crippen LogP contribution in [0.5, 0.6) is 11.5 Å². The van der Waals surface area contributed by atoms with Crippen LogP contribution in [0, 0.1) is 0 Å². The molecule has 0 fully saturated rings. The van der Waals surface area contributed by atoms with Gasteiger partial charge in [0.2, 0.25) is 0 Å². The summed E-state index contributed by atoms with van der Waals surface area (Å²) in [6.45, 7) is 8.30. The van der Waals surface area contributed by atoms with Crippen molar-refractivity contribution in [2.75, 3.05) is 0 Å². The van der Waals surface area contributed by atoms with E-state index in [1.165, 1.54) is 11.1 Å². The third kappa shape index (κ3) is 4.26. The lowest BCUT2D eigenvalue weighted by atomic mass is 9.78. The Bertz CT molecular complexity index is 602. The fourth-order valence-electron chi connectivity index (χ4n) is 2.36. The number of ether oxygens (including phenoxy) is 2. The summed E-state index contributed by atoms with van der Waals surface area (Å²) in [5, 5.41) is 0. The summed E-state index contributed by atoms with van der Waals surface area (Å²) in [7, 11) is 0. The van der Waals surface area contributed by atoms with E-state index in [1.807, 2.05) is 50.3 Å². The van der Waals surface area contributed by atoms with Crippen molar-refractivity contribution in [2.24, 2.45) is 0 Å². The largest absolute Gasteiger partial charge is 0.465 e. The Morgan fingerprint density at radius 3 is 1.30 bits per heavy atom. The van der Waals surface area contributed by atoms with Gasteiger partial charge in [-0.3, -0.25) is 0 Å². The lowest BCUT2D eigenvalue weighted by Gasteiger charge is -2.26. The van der Waals surface area contributed by atoms with E-state index in [4.69, 9.17) is 9.47 Å². The van der Waals surface area contributed by atoms with Crippen molar-refractivity contribution in [1.29, 1.82) is 0 Å². The molecule has 0 aliphatic rings. The standard InChI is InChI=1S/C21H24O2/c1-5-15-22-19-11-7-17(8-12-19)21(3,4)18-9-13-20(14-10-18)23-16-6-2/h5-16H,1-4H3/b15-5+,16-6+. The smallest absolute Gasteiger partial charge is 0.126 e. The van der Waals surface area contributed by atoms with Gasteiger partial charge in [0.15, 0.2) is 0 Å². The third-order valence-corrected chi connectivity index (χ3v) is 3.83. The maximum Gasteiger partial charge on any atom is 0.126 e. The molecule has 0 unspecified atom stereocenters. The van der Waals surface area contributed by atoms with Crippen LogP contribution in [0.2, 0.25) is 0 Å². The molecule has 120 valence electrons. The van der Waals surface area contributed by atoms with Gasteiger partial charge >= 0.3 is 0 Å². The average molecular weight is 308 g/mol. The van der Waals surface area contributed by atoms with Gasteiger partial charge in [-0.1, -0.05) is 50.3 Å². The second-order valence-corrected chi connectivity index (χ2v) is 5.85. The Kier molecular flexibility index (Phi) is 5.64. The van der Waals surface area contributed by atoms with E-state index in [9.17, 15) is 0 Å². The van der Waals surface area contributed by atoms with E-state index in [2.05, 4.69) is 38.1 Å². The predicted molar refractivity (Wildman–Crippen MR) is 95.9 cm³/mol. The first-order chi connectivity index (χ1) is 11.1. The van der Waals surface area contributed by atoms with Gasteiger partial charge in [0.25, 0.3) is 0 Å². The molecule has 0 saturated heterocycles.